The van der Waals surface area contributed by atoms with Crippen molar-refractivity contribution in [3.63, 3.8) is 0 Å². The largest absolute Gasteiger partial charge is 0.450 e. The average molecular weight is 343 g/mol. The van der Waals surface area contributed by atoms with Crippen LogP contribution in [0.1, 0.15) is 12.5 Å². The van der Waals surface area contributed by atoms with E-state index >= 15 is 0 Å². The lowest BCUT2D eigenvalue weighted by Crippen LogP contribution is -2.49. The van der Waals surface area contributed by atoms with Gasteiger partial charge in [0.05, 0.1) is 12.8 Å². The van der Waals surface area contributed by atoms with Crippen molar-refractivity contribution >= 4 is 17.9 Å². The van der Waals surface area contributed by atoms with Crippen LogP contribution in [0.5, 0.6) is 0 Å². The van der Waals surface area contributed by atoms with Gasteiger partial charge in [0.25, 0.3) is 0 Å². The molecular formula is C16H21N7O2. The molecule has 3 heterocycles. The Labute approximate surface area is 146 Å². The maximum atomic E-state index is 11.7. The summed E-state index contributed by atoms with van der Waals surface area (Å²) in [6.07, 6.45) is 4.90. The highest BCUT2D eigenvalue weighted by Gasteiger charge is 2.23. The van der Waals surface area contributed by atoms with Gasteiger partial charge in [-0.1, -0.05) is 6.07 Å². The Morgan fingerprint density at radius 1 is 1.28 bits per heavy atom. The number of rotatable bonds is 5. The van der Waals surface area contributed by atoms with Crippen molar-refractivity contribution in [2.24, 2.45) is 0 Å². The van der Waals surface area contributed by atoms with Crippen molar-refractivity contribution in [2.75, 3.05) is 43.0 Å². The van der Waals surface area contributed by atoms with E-state index in [1.165, 1.54) is 0 Å². The third-order valence-electron chi connectivity index (χ3n) is 3.85. The van der Waals surface area contributed by atoms with Crippen molar-refractivity contribution in [1.29, 1.82) is 0 Å². The Bertz CT molecular complexity index is 690. The molecule has 0 bridgehead atoms. The summed E-state index contributed by atoms with van der Waals surface area (Å²) in [5, 5.41) is 11.2. The summed E-state index contributed by atoms with van der Waals surface area (Å²) in [6, 6.07) is 3.86. The molecule has 0 saturated carbocycles. The van der Waals surface area contributed by atoms with Crippen molar-refractivity contribution in [2.45, 2.75) is 13.5 Å². The summed E-state index contributed by atoms with van der Waals surface area (Å²) < 4.78 is 5.03. The van der Waals surface area contributed by atoms with E-state index in [0.29, 0.717) is 45.3 Å². The SMILES string of the molecule is CCOC(=O)N1CCN(c2cnnc(NCc3cccnc3)n2)CC1. The molecule has 1 fully saturated rings. The number of nitrogens with zero attached hydrogens (tertiary/aromatic N) is 6. The van der Waals surface area contributed by atoms with E-state index in [0.717, 1.165) is 11.4 Å². The zero-order chi connectivity index (χ0) is 17.5. The number of piperazine rings is 1. The quantitative estimate of drug-likeness (QED) is 0.864. The number of carbonyl (C=O) groups excluding carboxylic acids is 1. The molecule has 0 spiro atoms. The first-order valence-electron chi connectivity index (χ1n) is 8.25. The lowest BCUT2D eigenvalue weighted by Gasteiger charge is -2.34. The highest BCUT2D eigenvalue weighted by atomic mass is 16.6. The van der Waals surface area contributed by atoms with Gasteiger partial charge >= 0.3 is 6.09 Å². The maximum absolute atomic E-state index is 11.7. The second-order valence-electron chi connectivity index (χ2n) is 5.53. The molecule has 0 radical (unpaired) electrons. The normalized spacial score (nSPS) is 14.3. The van der Waals surface area contributed by atoms with E-state index in [1.54, 1.807) is 30.4 Å². The van der Waals surface area contributed by atoms with Gasteiger partial charge in [0, 0.05) is 45.1 Å². The van der Waals surface area contributed by atoms with Crippen molar-refractivity contribution in [3.8, 4) is 0 Å². The van der Waals surface area contributed by atoms with Gasteiger partial charge in [-0.05, 0) is 18.6 Å². The number of aromatic nitrogens is 4. The van der Waals surface area contributed by atoms with Crippen LogP contribution in [0.15, 0.2) is 30.7 Å². The van der Waals surface area contributed by atoms with Gasteiger partial charge in [-0.25, -0.2) is 4.79 Å². The number of ether oxygens (including phenoxy) is 1. The Hall–Kier alpha value is -2.97. The van der Waals surface area contributed by atoms with Crippen LogP contribution < -0.4 is 10.2 Å². The van der Waals surface area contributed by atoms with Crippen molar-refractivity contribution < 1.29 is 9.53 Å². The molecule has 1 N–H and O–H groups in total. The van der Waals surface area contributed by atoms with Crippen LogP contribution in [0.2, 0.25) is 0 Å². The third kappa shape index (κ3) is 4.52. The standard InChI is InChI=1S/C16H21N7O2/c1-2-25-16(24)23-8-6-22(7-9-23)14-12-19-21-15(20-14)18-11-13-4-3-5-17-10-13/h3-5,10,12H,2,6-9,11H2,1H3,(H,18,20,21). The fourth-order valence-corrected chi connectivity index (χ4v) is 2.54. The zero-order valence-corrected chi connectivity index (χ0v) is 14.1. The minimum atomic E-state index is -0.262. The van der Waals surface area contributed by atoms with Crippen LogP contribution in [0.3, 0.4) is 0 Å². The first-order valence-corrected chi connectivity index (χ1v) is 8.25. The molecule has 132 valence electrons. The molecule has 3 rings (SSSR count). The predicted octanol–water partition coefficient (Wildman–Crippen LogP) is 1.16. The van der Waals surface area contributed by atoms with Gasteiger partial charge in [0.15, 0.2) is 5.82 Å². The number of pyridine rings is 1. The lowest BCUT2D eigenvalue weighted by atomic mass is 10.3. The number of carbonyl (C=O) groups is 1. The summed E-state index contributed by atoms with van der Waals surface area (Å²) in [6.45, 7) is 5.33. The molecule has 0 aromatic carbocycles. The lowest BCUT2D eigenvalue weighted by molar-refractivity contribution is 0.105. The van der Waals surface area contributed by atoms with Crippen LogP contribution in [0, 0.1) is 0 Å². The minimum absolute atomic E-state index is 0.262. The summed E-state index contributed by atoms with van der Waals surface area (Å²) >= 11 is 0. The molecular weight excluding hydrogens is 322 g/mol. The monoisotopic (exact) mass is 343 g/mol. The van der Waals surface area contributed by atoms with Gasteiger partial charge in [0.1, 0.15) is 0 Å². The van der Waals surface area contributed by atoms with Crippen LogP contribution in [0.4, 0.5) is 16.6 Å². The fourth-order valence-electron chi connectivity index (χ4n) is 2.54. The van der Waals surface area contributed by atoms with Crippen molar-refractivity contribution in [3.05, 3.63) is 36.3 Å². The van der Waals surface area contributed by atoms with Crippen LogP contribution in [-0.4, -0.2) is 63.9 Å². The van der Waals surface area contributed by atoms with E-state index in [2.05, 4.69) is 30.4 Å². The molecule has 9 heteroatoms. The zero-order valence-electron chi connectivity index (χ0n) is 14.1. The molecule has 25 heavy (non-hydrogen) atoms. The van der Waals surface area contributed by atoms with Crippen LogP contribution in [-0.2, 0) is 11.3 Å². The van der Waals surface area contributed by atoms with E-state index < -0.39 is 0 Å². The minimum Gasteiger partial charge on any atom is -0.450 e. The molecule has 1 aliphatic heterocycles. The number of nitrogens with one attached hydrogen (secondary N) is 1. The Morgan fingerprint density at radius 3 is 2.84 bits per heavy atom. The van der Waals surface area contributed by atoms with Gasteiger partial charge in [-0.15, -0.1) is 5.10 Å². The van der Waals surface area contributed by atoms with E-state index in [1.807, 2.05) is 12.1 Å². The highest BCUT2D eigenvalue weighted by Crippen LogP contribution is 2.14. The summed E-state index contributed by atoms with van der Waals surface area (Å²) in [5.41, 5.74) is 1.04. The first kappa shape index (κ1) is 16.9. The molecule has 0 atom stereocenters. The Balaban J connectivity index is 1.56. The Morgan fingerprint density at radius 2 is 2.12 bits per heavy atom. The molecule has 2 aromatic rings. The highest BCUT2D eigenvalue weighted by molar-refractivity contribution is 5.68. The third-order valence-corrected chi connectivity index (χ3v) is 3.85. The molecule has 1 amide bonds. The van der Waals surface area contributed by atoms with E-state index in [4.69, 9.17) is 4.74 Å². The summed E-state index contributed by atoms with van der Waals surface area (Å²) in [5.74, 6) is 1.21. The smallest absolute Gasteiger partial charge is 0.409 e. The second kappa shape index (κ2) is 8.22. The van der Waals surface area contributed by atoms with E-state index in [9.17, 15) is 4.79 Å². The maximum Gasteiger partial charge on any atom is 0.409 e. The first-order chi connectivity index (χ1) is 12.3. The molecule has 0 unspecified atom stereocenters. The number of hydrogen-bond donors (Lipinski definition) is 1. The molecule has 0 aliphatic carbocycles. The molecule has 2 aromatic heterocycles. The molecule has 1 aliphatic rings. The second-order valence-corrected chi connectivity index (χ2v) is 5.53. The summed E-state index contributed by atoms with van der Waals surface area (Å²) in [7, 11) is 0. The predicted molar refractivity (Wildman–Crippen MR) is 92.2 cm³/mol. The van der Waals surface area contributed by atoms with Crippen LogP contribution >= 0.6 is 0 Å². The average Bonchev–Trinajstić information content (AvgIpc) is 2.68. The van der Waals surface area contributed by atoms with Crippen LogP contribution in [0.25, 0.3) is 0 Å². The number of amides is 1. The topological polar surface area (TPSA) is 96.4 Å². The van der Waals surface area contributed by atoms with Gasteiger partial charge in [-0.2, -0.15) is 10.1 Å². The van der Waals surface area contributed by atoms with Crippen molar-refractivity contribution in [1.82, 2.24) is 25.1 Å². The van der Waals surface area contributed by atoms with Gasteiger partial charge in [-0.3, -0.25) is 4.98 Å². The van der Waals surface area contributed by atoms with Gasteiger partial charge < -0.3 is 19.9 Å². The number of hydrogen-bond acceptors (Lipinski definition) is 8. The van der Waals surface area contributed by atoms with Gasteiger partial charge in [0.2, 0.25) is 5.95 Å². The fraction of sp³-hybridized carbons (Fsp3) is 0.438. The molecule has 1 saturated heterocycles. The Kier molecular flexibility index (Phi) is 5.55. The van der Waals surface area contributed by atoms with E-state index in [-0.39, 0.29) is 6.09 Å². The molecule has 9 nitrogen and oxygen atoms in total. The summed E-state index contributed by atoms with van der Waals surface area (Å²) in [4.78, 5) is 24.1. The number of anilines is 2.